The molecule has 0 radical (unpaired) electrons. The van der Waals surface area contributed by atoms with Gasteiger partial charge >= 0.3 is 0 Å². The Kier molecular flexibility index (Phi) is 5.94. The molecule has 2 saturated heterocycles. The minimum absolute atomic E-state index is 0.0161. The number of aromatic amines is 1. The van der Waals surface area contributed by atoms with Gasteiger partial charge in [-0.25, -0.2) is 0 Å². The van der Waals surface area contributed by atoms with Crippen LogP contribution >= 0.6 is 0 Å². The summed E-state index contributed by atoms with van der Waals surface area (Å²) in [5.74, 6) is 0.590. The number of nitrogens with one attached hydrogen (secondary N) is 3. The number of H-pyrrole nitrogens is 1. The van der Waals surface area contributed by atoms with Crippen molar-refractivity contribution < 1.29 is 4.79 Å². The van der Waals surface area contributed by atoms with E-state index in [9.17, 15) is 4.79 Å². The van der Waals surface area contributed by atoms with Crippen molar-refractivity contribution in [3.05, 3.63) is 54.2 Å². The molecular formula is C26H32N4O. The highest BCUT2D eigenvalue weighted by molar-refractivity contribution is 6.07. The fourth-order valence-corrected chi connectivity index (χ4v) is 4.92. The van der Waals surface area contributed by atoms with Gasteiger partial charge in [-0.2, -0.15) is 0 Å². The zero-order valence-corrected chi connectivity index (χ0v) is 18.1. The molecule has 162 valence electrons. The minimum Gasteiger partial charge on any atom is -0.372 e. The first-order chi connectivity index (χ1) is 15.3. The van der Waals surface area contributed by atoms with Crippen molar-refractivity contribution >= 4 is 22.5 Å². The molecular weight excluding hydrogens is 384 g/mol. The molecule has 0 bridgehead atoms. The van der Waals surface area contributed by atoms with Crippen LogP contribution in [0.2, 0.25) is 0 Å². The summed E-state index contributed by atoms with van der Waals surface area (Å²) in [4.78, 5) is 18.6. The number of carbonyl (C=O) groups is 1. The lowest BCUT2D eigenvalue weighted by molar-refractivity contribution is 0.0946. The predicted molar refractivity (Wildman–Crippen MR) is 128 cm³/mol. The zero-order chi connectivity index (χ0) is 21.0. The molecule has 5 rings (SSSR count). The highest BCUT2D eigenvalue weighted by Crippen LogP contribution is 2.29. The number of aromatic nitrogens is 1. The maximum atomic E-state index is 12.9. The molecule has 5 heteroatoms. The first kappa shape index (κ1) is 20.1. The largest absolute Gasteiger partial charge is 0.372 e. The molecule has 2 aromatic carbocycles. The van der Waals surface area contributed by atoms with E-state index in [1.807, 2.05) is 6.20 Å². The van der Waals surface area contributed by atoms with Crippen LogP contribution in [-0.2, 0) is 0 Å². The Balaban J connectivity index is 1.33. The molecule has 0 aliphatic carbocycles. The van der Waals surface area contributed by atoms with Crippen molar-refractivity contribution in [2.75, 3.05) is 37.6 Å². The van der Waals surface area contributed by atoms with Crippen LogP contribution < -0.4 is 15.5 Å². The van der Waals surface area contributed by atoms with E-state index >= 15 is 0 Å². The van der Waals surface area contributed by atoms with E-state index in [1.165, 1.54) is 30.5 Å². The number of fused-ring (bicyclic) bond motifs is 1. The Bertz CT molecular complexity index is 1030. The summed E-state index contributed by atoms with van der Waals surface area (Å²) in [6.45, 7) is 5.17. The van der Waals surface area contributed by atoms with E-state index in [-0.39, 0.29) is 5.91 Å². The molecule has 1 aromatic heterocycles. The van der Waals surface area contributed by atoms with Gasteiger partial charge in [-0.3, -0.25) is 4.79 Å². The van der Waals surface area contributed by atoms with Crippen LogP contribution in [0.1, 0.15) is 42.5 Å². The average molecular weight is 417 g/mol. The molecule has 3 N–H and O–H groups in total. The Morgan fingerprint density at radius 1 is 0.968 bits per heavy atom. The quantitative estimate of drug-likeness (QED) is 0.572. The van der Waals surface area contributed by atoms with Crippen molar-refractivity contribution in [1.82, 2.24) is 15.6 Å². The van der Waals surface area contributed by atoms with Crippen molar-refractivity contribution in [1.29, 1.82) is 0 Å². The van der Waals surface area contributed by atoms with E-state index in [0.717, 1.165) is 67.6 Å². The SMILES string of the molecule is O=C(NCC1CCNCC1)c1c[nH]c2ccc(-c3ccc(N4CCCCC4)cc3)cc12. The molecule has 3 heterocycles. The third-order valence-electron chi connectivity index (χ3n) is 6.86. The fourth-order valence-electron chi connectivity index (χ4n) is 4.92. The summed E-state index contributed by atoms with van der Waals surface area (Å²) in [5.41, 5.74) is 5.37. The van der Waals surface area contributed by atoms with Gasteiger partial charge in [0.1, 0.15) is 0 Å². The molecule has 3 aromatic rings. The molecule has 0 saturated carbocycles. The standard InChI is InChI=1S/C26H32N4O/c31-26(29-17-19-10-12-27-13-11-19)24-18-28-25-9-6-21(16-23(24)25)20-4-7-22(8-5-20)30-14-2-1-3-15-30/h4-9,16,18-19,27-28H,1-3,10-15,17H2,(H,29,31). The maximum absolute atomic E-state index is 12.9. The van der Waals surface area contributed by atoms with Crippen LogP contribution in [-0.4, -0.2) is 43.6 Å². The van der Waals surface area contributed by atoms with Gasteiger partial charge in [-0.05, 0) is 86.5 Å². The monoisotopic (exact) mass is 416 g/mol. The third-order valence-corrected chi connectivity index (χ3v) is 6.86. The summed E-state index contributed by atoms with van der Waals surface area (Å²) in [5, 5.41) is 7.52. The second-order valence-electron chi connectivity index (χ2n) is 8.96. The van der Waals surface area contributed by atoms with E-state index in [4.69, 9.17) is 0 Å². The van der Waals surface area contributed by atoms with Gasteiger partial charge < -0.3 is 20.5 Å². The number of piperidine rings is 2. The predicted octanol–water partition coefficient (Wildman–Crippen LogP) is 4.55. The van der Waals surface area contributed by atoms with E-state index < -0.39 is 0 Å². The second kappa shape index (κ2) is 9.15. The molecule has 2 aliphatic rings. The number of nitrogens with zero attached hydrogens (tertiary/aromatic N) is 1. The number of benzene rings is 2. The summed E-state index contributed by atoms with van der Waals surface area (Å²) >= 11 is 0. The highest BCUT2D eigenvalue weighted by Gasteiger charge is 2.17. The van der Waals surface area contributed by atoms with Crippen molar-refractivity contribution in [3.8, 4) is 11.1 Å². The van der Waals surface area contributed by atoms with Crippen molar-refractivity contribution in [2.45, 2.75) is 32.1 Å². The number of rotatable bonds is 5. The van der Waals surface area contributed by atoms with E-state index in [0.29, 0.717) is 5.92 Å². The second-order valence-corrected chi connectivity index (χ2v) is 8.96. The summed E-state index contributed by atoms with van der Waals surface area (Å²) in [7, 11) is 0. The van der Waals surface area contributed by atoms with Crippen molar-refractivity contribution in [3.63, 3.8) is 0 Å². The van der Waals surface area contributed by atoms with E-state index in [2.05, 4.69) is 63.0 Å². The number of carbonyl (C=O) groups excluding carboxylic acids is 1. The molecule has 31 heavy (non-hydrogen) atoms. The van der Waals surface area contributed by atoms with Gasteiger partial charge in [0.05, 0.1) is 5.56 Å². The Hall–Kier alpha value is -2.79. The van der Waals surface area contributed by atoms with Crippen molar-refractivity contribution in [2.24, 2.45) is 5.92 Å². The van der Waals surface area contributed by atoms with Gasteiger partial charge in [-0.1, -0.05) is 18.2 Å². The lowest BCUT2D eigenvalue weighted by Gasteiger charge is -2.28. The third kappa shape index (κ3) is 4.47. The van der Waals surface area contributed by atoms with Crippen LogP contribution in [0.5, 0.6) is 0 Å². The van der Waals surface area contributed by atoms with Crippen LogP contribution in [0.4, 0.5) is 5.69 Å². The lowest BCUT2D eigenvalue weighted by atomic mass is 9.98. The highest BCUT2D eigenvalue weighted by atomic mass is 16.1. The van der Waals surface area contributed by atoms with Gasteiger partial charge in [0.25, 0.3) is 5.91 Å². The summed E-state index contributed by atoms with van der Waals surface area (Å²) < 4.78 is 0. The first-order valence-corrected chi connectivity index (χ1v) is 11.7. The molecule has 0 atom stereocenters. The van der Waals surface area contributed by atoms with Crippen LogP contribution in [0.25, 0.3) is 22.0 Å². The van der Waals surface area contributed by atoms with Gasteiger partial charge in [0, 0.05) is 42.4 Å². The number of hydrogen-bond donors (Lipinski definition) is 3. The molecule has 2 aliphatic heterocycles. The Labute approximate surface area is 184 Å². The molecule has 0 spiro atoms. The lowest BCUT2D eigenvalue weighted by Crippen LogP contribution is -2.35. The minimum atomic E-state index is 0.0161. The van der Waals surface area contributed by atoms with Crippen LogP contribution in [0.3, 0.4) is 0 Å². The Morgan fingerprint density at radius 3 is 2.48 bits per heavy atom. The number of hydrogen-bond acceptors (Lipinski definition) is 3. The number of anilines is 1. The smallest absolute Gasteiger partial charge is 0.253 e. The topological polar surface area (TPSA) is 60.2 Å². The summed E-state index contributed by atoms with van der Waals surface area (Å²) in [6.07, 6.45) is 8.02. The maximum Gasteiger partial charge on any atom is 0.253 e. The molecule has 0 unspecified atom stereocenters. The number of amides is 1. The first-order valence-electron chi connectivity index (χ1n) is 11.7. The van der Waals surface area contributed by atoms with Crippen LogP contribution in [0, 0.1) is 5.92 Å². The van der Waals surface area contributed by atoms with Gasteiger partial charge in [0.15, 0.2) is 0 Å². The average Bonchev–Trinajstić information content (AvgIpc) is 3.27. The fraction of sp³-hybridized carbons (Fsp3) is 0.423. The molecule has 1 amide bonds. The van der Waals surface area contributed by atoms with Crippen LogP contribution in [0.15, 0.2) is 48.7 Å². The normalized spacial score (nSPS) is 17.7. The van der Waals surface area contributed by atoms with Gasteiger partial charge in [0.2, 0.25) is 0 Å². The van der Waals surface area contributed by atoms with Gasteiger partial charge in [-0.15, -0.1) is 0 Å². The molecule has 5 nitrogen and oxygen atoms in total. The molecule has 2 fully saturated rings. The van der Waals surface area contributed by atoms with E-state index in [1.54, 1.807) is 0 Å². The Morgan fingerprint density at radius 2 is 1.71 bits per heavy atom. The zero-order valence-electron chi connectivity index (χ0n) is 18.1. The summed E-state index contributed by atoms with van der Waals surface area (Å²) in [6, 6.07) is 15.2.